The molecule has 1 saturated heterocycles. The number of carbonyl (C=O) groups excluding carboxylic acids is 1. The predicted molar refractivity (Wildman–Crippen MR) is 83.8 cm³/mol. The second-order valence-electron chi connectivity index (χ2n) is 4.88. The van der Waals surface area contributed by atoms with Gasteiger partial charge in [0, 0.05) is 35.6 Å². The lowest BCUT2D eigenvalue weighted by molar-refractivity contribution is 0.0749. The van der Waals surface area contributed by atoms with E-state index in [1.54, 1.807) is 13.0 Å². The summed E-state index contributed by atoms with van der Waals surface area (Å²) in [6, 6.07) is 3.15. The summed E-state index contributed by atoms with van der Waals surface area (Å²) < 4.78 is 23.7. The number of hydrazine groups is 1. The van der Waals surface area contributed by atoms with Crippen molar-refractivity contribution in [1.29, 1.82) is 0 Å². The van der Waals surface area contributed by atoms with Crippen molar-refractivity contribution in [3.8, 4) is 0 Å². The summed E-state index contributed by atoms with van der Waals surface area (Å²) in [6.07, 6.45) is 1.16. The van der Waals surface area contributed by atoms with Gasteiger partial charge in [0.15, 0.2) is 9.84 Å². The molecule has 1 aliphatic rings. The zero-order valence-corrected chi connectivity index (χ0v) is 13.5. The molecule has 9 heteroatoms. The number of nitrogens with zero attached hydrogens (tertiary/aromatic N) is 2. The van der Waals surface area contributed by atoms with Crippen LogP contribution in [0.15, 0.2) is 12.1 Å². The maximum atomic E-state index is 12.6. The Hall–Kier alpha value is -1.32. The molecule has 0 bridgehead atoms. The summed E-state index contributed by atoms with van der Waals surface area (Å²) in [7, 11) is -3.33. The number of anilines is 1. The van der Waals surface area contributed by atoms with Crippen LogP contribution in [0.2, 0.25) is 0 Å². The zero-order chi connectivity index (χ0) is 15.6. The van der Waals surface area contributed by atoms with E-state index in [4.69, 9.17) is 5.84 Å². The van der Waals surface area contributed by atoms with Gasteiger partial charge in [-0.3, -0.25) is 4.79 Å². The number of nitrogens with one attached hydrogen (secondary N) is 1. The van der Waals surface area contributed by atoms with Crippen molar-refractivity contribution in [3.63, 3.8) is 0 Å². The average molecular weight is 330 g/mol. The molecule has 0 spiro atoms. The molecule has 2 rings (SSSR count). The molecule has 0 saturated carbocycles. The molecule has 1 amide bonds. The molecule has 116 valence electrons. The van der Waals surface area contributed by atoms with Gasteiger partial charge in [-0.15, -0.1) is 0 Å². The Labute approximate surface area is 128 Å². The van der Waals surface area contributed by atoms with Crippen molar-refractivity contribution in [1.82, 2.24) is 9.88 Å². The largest absolute Gasteiger partial charge is 0.320 e. The van der Waals surface area contributed by atoms with Crippen LogP contribution in [0.4, 0.5) is 5.82 Å². The number of pyridine rings is 1. The topological polar surface area (TPSA) is 105 Å². The minimum Gasteiger partial charge on any atom is -0.320 e. The van der Waals surface area contributed by atoms with E-state index in [0.29, 0.717) is 29.4 Å². The molecule has 1 fully saturated rings. The number of hydrogen-bond acceptors (Lipinski definition) is 7. The Morgan fingerprint density at radius 1 is 1.52 bits per heavy atom. The van der Waals surface area contributed by atoms with Crippen molar-refractivity contribution in [3.05, 3.63) is 23.4 Å². The first-order valence-electron chi connectivity index (χ1n) is 6.36. The fraction of sp³-hybridized carbons (Fsp3) is 0.500. The Kier molecular flexibility index (Phi) is 4.74. The summed E-state index contributed by atoms with van der Waals surface area (Å²) >= 11 is 1.54. The molecule has 1 aromatic heterocycles. The van der Waals surface area contributed by atoms with E-state index >= 15 is 0 Å². The van der Waals surface area contributed by atoms with E-state index < -0.39 is 15.2 Å². The third-order valence-corrected chi connectivity index (χ3v) is 5.83. The third-order valence-electron chi connectivity index (χ3n) is 3.19. The first-order valence-corrected chi connectivity index (χ1v) is 9.46. The van der Waals surface area contributed by atoms with Crippen LogP contribution in [-0.2, 0) is 9.84 Å². The van der Waals surface area contributed by atoms with Gasteiger partial charge in [-0.25, -0.2) is 19.2 Å². The Morgan fingerprint density at radius 3 is 2.86 bits per heavy atom. The Balaban J connectivity index is 2.35. The van der Waals surface area contributed by atoms with Gasteiger partial charge in [-0.05, 0) is 19.1 Å². The Bertz CT molecular complexity index is 648. The van der Waals surface area contributed by atoms with Crippen LogP contribution in [0.1, 0.15) is 16.1 Å². The number of rotatable bonds is 3. The summed E-state index contributed by atoms with van der Waals surface area (Å²) in [5.74, 6) is 6.51. The van der Waals surface area contributed by atoms with Crippen molar-refractivity contribution >= 4 is 33.3 Å². The number of hydrogen-bond donors (Lipinski definition) is 2. The fourth-order valence-corrected chi connectivity index (χ4v) is 5.01. The molecular weight excluding hydrogens is 312 g/mol. The van der Waals surface area contributed by atoms with Gasteiger partial charge in [0.25, 0.3) is 5.91 Å². The highest BCUT2D eigenvalue weighted by Gasteiger charge is 2.34. The van der Waals surface area contributed by atoms with Gasteiger partial charge in [0.1, 0.15) is 11.2 Å². The van der Waals surface area contributed by atoms with Gasteiger partial charge in [0.05, 0.1) is 0 Å². The molecule has 7 nitrogen and oxygen atoms in total. The summed E-state index contributed by atoms with van der Waals surface area (Å²) in [5, 5.41) is -0.786. The zero-order valence-electron chi connectivity index (χ0n) is 11.9. The molecule has 3 N–H and O–H groups in total. The van der Waals surface area contributed by atoms with E-state index in [9.17, 15) is 13.2 Å². The van der Waals surface area contributed by atoms with Gasteiger partial charge in [0.2, 0.25) is 0 Å². The Morgan fingerprint density at radius 2 is 2.24 bits per heavy atom. The van der Waals surface area contributed by atoms with E-state index in [0.717, 1.165) is 12.0 Å². The van der Waals surface area contributed by atoms with Crippen molar-refractivity contribution in [2.75, 3.05) is 29.7 Å². The molecule has 1 aromatic rings. The SMILES string of the molecule is Cc1cc(C(=O)N2CCSCC2S(C)(=O)=O)cc(NN)n1. The lowest BCUT2D eigenvalue weighted by Gasteiger charge is -2.34. The predicted octanol–water partition coefficient (Wildman–Crippen LogP) is 0.235. The molecule has 21 heavy (non-hydrogen) atoms. The number of amides is 1. The third kappa shape index (κ3) is 3.66. The van der Waals surface area contributed by atoms with Gasteiger partial charge in [-0.1, -0.05) is 0 Å². The summed E-state index contributed by atoms with van der Waals surface area (Å²) in [4.78, 5) is 18.2. The minimum atomic E-state index is -3.33. The minimum absolute atomic E-state index is 0.312. The average Bonchev–Trinajstić information content (AvgIpc) is 2.45. The van der Waals surface area contributed by atoms with E-state index in [1.165, 1.54) is 22.7 Å². The lowest BCUT2D eigenvalue weighted by Crippen LogP contribution is -2.49. The second kappa shape index (κ2) is 6.20. The molecule has 0 aliphatic carbocycles. The van der Waals surface area contributed by atoms with Crippen LogP contribution in [-0.4, -0.2) is 53.9 Å². The molecule has 1 unspecified atom stereocenters. The van der Waals surface area contributed by atoms with Gasteiger partial charge in [-0.2, -0.15) is 11.8 Å². The molecule has 2 heterocycles. The number of sulfone groups is 1. The highest BCUT2D eigenvalue weighted by atomic mass is 32.2. The highest BCUT2D eigenvalue weighted by molar-refractivity contribution is 8.00. The normalized spacial score (nSPS) is 19.4. The van der Waals surface area contributed by atoms with E-state index in [2.05, 4.69) is 10.4 Å². The van der Waals surface area contributed by atoms with Crippen LogP contribution < -0.4 is 11.3 Å². The van der Waals surface area contributed by atoms with Crippen molar-refractivity contribution < 1.29 is 13.2 Å². The first kappa shape index (κ1) is 16.1. The van der Waals surface area contributed by atoms with E-state index in [1.807, 2.05) is 0 Å². The molecule has 0 radical (unpaired) electrons. The number of thioether (sulfide) groups is 1. The monoisotopic (exact) mass is 330 g/mol. The van der Waals surface area contributed by atoms with Crippen LogP contribution in [0, 0.1) is 6.92 Å². The number of nitrogens with two attached hydrogens (primary N) is 1. The van der Waals surface area contributed by atoms with Crippen molar-refractivity contribution in [2.45, 2.75) is 12.3 Å². The maximum absolute atomic E-state index is 12.6. The molecule has 1 atom stereocenters. The fourth-order valence-electron chi connectivity index (χ4n) is 2.20. The second-order valence-corrected chi connectivity index (χ2v) is 8.24. The number of aromatic nitrogens is 1. The lowest BCUT2D eigenvalue weighted by atomic mass is 10.2. The standard InChI is InChI=1S/C12H18N4O3S2/c1-8-5-9(6-10(14-8)15-13)12(17)16-3-4-20-7-11(16)21(2,18)19/h5-6,11H,3-4,7,13H2,1-2H3,(H,14,15). The number of carbonyl (C=O) groups is 1. The van der Waals surface area contributed by atoms with Gasteiger partial charge >= 0.3 is 0 Å². The van der Waals surface area contributed by atoms with Crippen LogP contribution in [0.5, 0.6) is 0 Å². The molecule has 0 aromatic carbocycles. The smallest absolute Gasteiger partial charge is 0.255 e. The summed E-state index contributed by atoms with van der Waals surface area (Å²) in [6.45, 7) is 2.16. The molecule has 1 aliphatic heterocycles. The first-order chi connectivity index (χ1) is 9.82. The van der Waals surface area contributed by atoms with Crippen LogP contribution >= 0.6 is 11.8 Å². The van der Waals surface area contributed by atoms with Crippen molar-refractivity contribution in [2.24, 2.45) is 5.84 Å². The number of nitrogen functional groups attached to an aromatic ring is 1. The summed E-state index contributed by atoms with van der Waals surface area (Å²) in [5.41, 5.74) is 3.42. The maximum Gasteiger partial charge on any atom is 0.255 e. The quantitative estimate of drug-likeness (QED) is 0.604. The van der Waals surface area contributed by atoms with Crippen LogP contribution in [0.25, 0.3) is 0 Å². The van der Waals surface area contributed by atoms with Gasteiger partial charge < -0.3 is 10.3 Å². The molecular formula is C12H18N4O3S2. The van der Waals surface area contributed by atoms with E-state index in [-0.39, 0.29) is 5.91 Å². The number of aryl methyl sites for hydroxylation is 1. The van der Waals surface area contributed by atoms with Crippen LogP contribution in [0.3, 0.4) is 0 Å². The highest BCUT2D eigenvalue weighted by Crippen LogP contribution is 2.23.